The summed E-state index contributed by atoms with van der Waals surface area (Å²) in [7, 11) is 3.65. The zero-order valence-electron chi connectivity index (χ0n) is 25.0. The Labute approximate surface area is 248 Å². The number of nitrogens with zero attached hydrogens (tertiary/aromatic N) is 1. The van der Waals surface area contributed by atoms with Gasteiger partial charge >= 0.3 is 0 Å². The molecule has 0 fully saturated rings. The van der Waals surface area contributed by atoms with E-state index in [0.29, 0.717) is 42.4 Å². The SMILES string of the molecule is C=CCc1cc(C2C3=C(CC(C)(C)CC3=O)N(C)C3=C2C(=O)CC(C)(C)C3)cc(OC)c1OCc1cccc(Cl)c1. The molecule has 2 aliphatic carbocycles. The highest BCUT2D eigenvalue weighted by atomic mass is 35.5. The van der Waals surface area contributed by atoms with E-state index in [4.69, 9.17) is 21.1 Å². The lowest BCUT2D eigenvalue weighted by Gasteiger charge is -2.48. The van der Waals surface area contributed by atoms with Crippen molar-refractivity contribution in [3.05, 3.63) is 93.3 Å². The Bertz CT molecular complexity index is 1440. The van der Waals surface area contributed by atoms with Crippen molar-refractivity contribution in [2.24, 2.45) is 10.8 Å². The molecule has 0 saturated carbocycles. The maximum Gasteiger partial charge on any atom is 0.165 e. The van der Waals surface area contributed by atoms with Gasteiger partial charge in [-0.15, -0.1) is 6.58 Å². The van der Waals surface area contributed by atoms with Gasteiger partial charge in [-0.05, 0) is 59.4 Å². The van der Waals surface area contributed by atoms with Gasteiger partial charge in [-0.1, -0.05) is 63.6 Å². The van der Waals surface area contributed by atoms with E-state index in [1.807, 2.05) is 43.5 Å². The van der Waals surface area contributed by atoms with E-state index in [0.717, 1.165) is 52.1 Å². The Morgan fingerprint density at radius 1 is 0.976 bits per heavy atom. The van der Waals surface area contributed by atoms with Crippen molar-refractivity contribution in [3.8, 4) is 11.5 Å². The average Bonchev–Trinajstić information content (AvgIpc) is 2.88. The topological polar surface area (TPSA) is 55.8 Å². The van der Waals surface area contributed by atoms with Crippen LogP contribution < -0.4 is 9.47 Å². The molecule has 0 radical (unpaired) electrons. The van der Waals surface area contributed by atoms with Gasteiger partial charge in [-0.25, -0.2) is 0 Å². The molecule has 0 amide bonds. The molecule has 3 aliphatic rings. The molecule has 0 unspecified atom stereocenters. The number of benzene rings is 2. The Morgan fingerprint density at radius 3 is 2.12 bits per heavy atom. The minimum absolute atomic E-state index is 0.114. The molecule has 6 heteroatoms. The van der Waals surface area contributed by atoms with Crippen LogP contribution in [0.25, 0.3) is 0 Å². The number of ketones is 2. The maximum absolute atomic E-state index is 13.9. The number of hydrogen-bond acceptors (Lipinski definition) is 5. The largest absolute Gasteiger partial charge is 0.493 e. The third-order valence-electron chi connectivity index (χ3n) is 8.52. The molecule has 1 aliphatic heterocycles. The van der Waals surface area contributed by atoms with Gasteiger partial charge < -0.3 is 14.4 Å². The molecule has 0 atom stereocenters. The van der Waals surface area contributed by atoms with Crippen molar-refractivity contribution in [3.63, 3.8) is 0 Å². The number of rotatable bonds is 7. The molecular formula is C35H40ClNO4. The van der Waals surface area contributed by atoms with Crippen LogP contribution in [-0.4, -0.2) is 30.6 Å². The standard InChI is InChI=1S/C35H40ClNO4/c1-8-10-22-14-23(15-29(40-7)33(22)41-20-21-11-9-12-24(36)13-21)30-31-25(16-34(2,3)18-27(31)38)37(6)26-17-35(4,5)19-28(39)32(26)30/h8-9,11-15,30H,1,10,16-20H2,2-7H3. The lowest BCUT2D eigenvalue weighted by atomic mass is 9.63. The van der Waals surface area contributed by atoms with Crippen LogP contribution in [0, 0.1) is 10.8 Å². The van der Waals surface area contributed by atoms with Crippen LogP contribution in [0.1, 0.15) is 76.0 Å². The summed E-state index contributed by atoms with van der Waals surface area (Å²) in [5, 5.41) is 0.649. The summed E-state index contributed by atoms with van der Waals surface area (Å²) in [5.74, 6) is 0.977. The van der Waals surface area contributed by atoms with Crippen molar-refractivity contribution in [2.75, 3.05) is 14.2 Å². The van der Waals surface area contributed by atoms with E-state index >= 15 is 0 Å². The minimum Gasteiger partial charge on any atom is -0.493 e. The third kappa shape index (κ3) is 5.61. The van der Waals surface area contributed by atoms with E-state index in [1.165, 1.54) is 0 Å². The van der Waals surface area contributed by atoms with Crippen LogP contribution in [0.15, 0.2) is 71.6 Å². The second-order valence-corrected chi connectivity index (χ2v) is 13.7. The molecule has 216 valence electrons. The smallest absolute Gasteiger partial charge is 0.165 e. The number of hydrogen-bond donors (Lipinski definition) is 0. The maximum atomic E-state index is 13.9. The summed E-state index contributed by atoms with van der Waals surface area (Å²) in [6.45, 7) is 12.9. The number of methoxy groups -OCH3 is 1. The first-order chi connectivity index (χ1) is 19.3. The fourth-order valence-corrected chi connectivity index (χ4v) is 6.97. The highest BCUT2D eigenvalue weighted by Gasteiger charge is 2.48. The van der Waals surface area contributed by atoms with Gasteiger partial charge in [0.25, 0.3) is 0 Å². The van der Waals surface area contributed by atoms with Gasteiger partial charge in [-0.2, -0.15) is 0 Å². The quantitative estimate of drug-likeness (QED) is 0.314. The molecule has 5 rings (SSSR count). The van der Waals surface area contributed by atoms with Crippen molar-refractivity contribution < 1.29 is 19.1 Å². The number of carbonyl (C=O) groups is 2. The third-order valence-corrected chi connectivity index (χ3v) is 8.76. The molecular weight excluding hydrogens is 534 g/mol. The zero-order chi connectivity index (χ0) is 29.7. The summed E-state index contributed by atoms with van der Waals surface area (Å²) in [6, 6.07) is 11.6. The number of ether oxygens (including phenoxy) is 2. The van der Waals surface area contributed by atoms with Crippen LogP contribution in [0.2, 0.25) is 5.02 Å². The Kier molecular flexibility index (Phi) is 7.71. The van der Waals surface area contributed by atoms with Gasteiger partial charge in [0.15, 0.2) is 23.1 Å². The summed E-state index contributed by atoms with van der Waals surface area (Å²) in [6.07, 6.45) is 4.85. The summed E-state index contributed by atoms with van der Waals surface area (Å²) >= 11 is 6.19. The fourth-order valence-electron chi connectivity index (χ4n) is 6.75. The normalized spacial score (nSPS) is 20.1. The number of halogens is 1. The molecule has 0 saturated heterocycles. The van der Waals surface area contributed by atoms with Gasteiger partial charge in [0.1, 0.15) is 6.61 Å². The van der Waals surface area contributed by atoms with Crippen LogP contribution in [0.3, 0.4) is 0 Å². The van der Waals surface area contributed by atoms with Crippen LogP contribution in [0.4, 0.5) is 0 Å². The number of Topliss-reactive ketones (excluding diaryl/α,β-unsaturated/α-hetero) is 2. The van der Waals surface area contributed by atoms with Crippen LogP contribution in [0.5, 0.6) is 11.5 Å². The highest BCUT2D eigenvalue weighted by molar-refractivity contribution is 6.30. The molecule has 2 aromatic carbocycles. The van der Waals surface area contributed by atoms with Crippen molar-refractivity contribution >= 4 is 23.2 Å². The summed E-state index contributed by atoms with van der Waals surface area (Å²) in [5.41, 5.74) is 5.98. The monoisotopic (exact) mass is 573 g/mol. The highest BCUT2D eigenvalue weighted by Crippen LogP contribution is 2.54. The van der Waals surface area contributed by atoms with E-state index in [-0.39, 0.29) is 22.4 Å². The molecule has 0 N–H and O–H groups in total. The van der Waals surface area contributed by atoms with Gasteiger partial charge in [0.2, 0.25) is 0 Å². The van der Waals surface area contributed by atoms with E-state index in [9.17, 15) is 9.59 Å². The molecule has 0 bridgehead atoms. The fraction of sp³-hybridized carbons (Fsp3) is 0.429. The lowest BCUT2D eigenvalue weighted by Crippen LogP contribution is -2.43. The van der Waals surface area contributed by atoms with E-state index in [2.05, 4.69) is 45.2 Å². The van der Waals surface area contributed by atoms with E-state index < -0.39 is 5.92 Å². The van der Waals surface area contributed by atoms with Gasteiger partial charge in [0, 0.05) is 58.9 Å². The van der Waals surface area contributed by atoms with Crippen molar-refractivity contribution in [1.29, 1.82) is 0 Å². The second kappa shape index (κ2) is 10.8. The molecule has 5 nitrogen and oxygen atoms in total. The molecule has 2 aromatic rings. The zero-order valence-corrected chi connectivity index (χ0v) is 25.8. The lowest BCUT2D eigenvalue weighted by molar-refractivity contribution is -0.119. The Balaban J connectivity index is 1.67. The van der Waals surface area contributed by atoms with Crippen LogP contribution >= 0.6 is 11.6 Å². The summed E-state index contributed by atoms with van der Waals surface area (Å²) in [4.78, 5) is 30.0. The second-order valence-electron chi connectivity index (χ2n) is 13.2. The van der Waals surface area contributed by atoms with Gasteiger partial charge in [-0.3, -0.25) is 9.59 Å². The molecule has 0 aromatic heterocycles. The van der Waals surface area contributed by atoms with E-state index in [1.54, 1.807) is 7.11 Å². The first-order valence-corrected chi connectivity index (χ1v) is 14.7. The number of carbonyl (C=O) groups excluding carboxylic acids is 2. The Hall–Kier alpha value is -3.31. The summed E-state index contributed by atoms with van der Waals surface area (Å²) < 4.78 is 12.2. The predicted octanol–water partition coefficient (Wildman–Crippen LogP) is 7.97. The van der Waals surface area contributed by atoms with Crippen molar-refractivity contribution in [2.45, 2.75) is 72.3 Å². The first kappa shape index (κ1) is 29.2. The van der Waals surface area contributed by atoms with Crippen LogP contribution in [-0.2, 0) is 22.6 Å². The number of allylic oxidation sites excluding steroid dienone is 5. The first-order valence-electron chi connectivity index (χ1n) is 14.3. The van der Waals surface area contributed by atoms with Gasteiger partial charge in [0.05, 0.1) is 7.11 Å². The molecule has 1 heterocycles. The van der Waals surface area contributed by atoms with Crippen molar-refractivity contribution in [1.82, 2.24) is 4.90 Å². The average molecular weight is 574 g/mol. The molecule has 0 spiro atoms. The molecule has 41 heavy (non-hydrogen) atoms. The Morgan fingerprint density at radius 2 is 1.59 bits per heavy atom. The minimum atomic E-state index is -0.442. The predicted molar refractivity (Wildman–Crippen MR) is 163 cm³/mol.